The molecule has 0 fully saturated rings. The first kappa shape index (κ1) is 26.8. The van der Waals surface area contributed by atoms with Crippen LogP contribution in [-0.2, 0) is 21.2 Å². The Bertz CT molecular complexity index is 1230. The highest BCUT2D eigenvalue weighted by Gasteiger charge is 2.27. The first-order valence-electron chi connectivity index (χ1n) is 11.4. The molecular weight excluding hydrogens is 480 g/mol. The van der Waals surface area contributed by atoms with Crippen molar-refractivity contribution >= 4 is 27.7 Å². The molecule has 0 heterocycles. The van der Waals surface area contributed by atoms with Gasteiger partial charge in [0.05, 0.1) is 24.6 Å². The van der Waals surface area contributed by atoms with Gasteiger partial charge < -0.3 is 10.1 Å². The van der Waals surface area contributed by atoms with Crippen molar-refractivity contribution in [1.29, 1.82) is 0 Å². The van der Waals surface area contributed by atoms with Gasteiger partial charge in [-0.15, -0.1) is 11.8 Å². The molecule has 8 heteroatoms. The van der Waals surface area contributed by atoms with Gasteiger partial charge in [0.25, 0.3) is 0 Å². The van der Waals surface area contributed by atoms with Crippen LogP contribution in [-0.4, -0.2) is 45.1 Å². The second kappa shape index (κ2) is 12.2. The van der Waals surface area contributed by atoms with Gasteiger partial charge in [0.2, 0.25) is 15.9 Å². The summed E-state index contributed by atoms with van der Waals surface area (Å²) >= 11 is 1.65. The number of thioether (sulfide) groups is 1. The molecule has 0 radical (unpaired) electrons. The summed E-state index contributed by atoms with van der Waals surface area (Å²) in [5.74, 6) is 0.257. The number of methoxy groups -OCH3 is 1. The highest BCUT2D eigenvalue weighted by Crippen LogP contribution is 2.24. The van der Waals surface area contributed by atoms with E-state index in [2.05, 4.69) is 5.32 Å². The van der Waals surface area contributed by atoms with Crippen LogP contribution in [0.1, 0.15) is 29.7 Å². The molecule has 0 bridgehead atoms. The summed E-state index contributed by atoms with van der Waals surface area (Å²) in [5, 5.41) is 2.94. The molecule has 0 unspecified atom stereocenters. The van der Waals surface area contributed by atoms with Crippen molar-refractivity contribution in [3.63, 3.8) is 0 Å². The summed E-state index contributed by atoms with van der Waals surface area (Å²) in [5.41, 5.74) is 2.67. The minimum atomic E-state index is -3.91. The molecule has 1 N–H and O–H groups in total. The fourth-order valence-corrected chi connectivity index (χ4v) is 5.66. The van der Waals surface area contributed by atoms with E-state index in [1.54, 1.807) is 37.9 Å². The quantitative estimate of drug-likeness (QED) is 0.372. The van der Waals surface area contributed by atoms with Crippen LogP contribution in [0, 0.1) is 6.92 Å². The average molecular weight is 513 g/mol. The molecule has 0 saturated carbocycles. The van der Waals surface area contributed by atoms with Crippen LogP contribution in [0.15, 0.2) is 82.6 Å². The van der Waals surface area contributed by atoms with Gasteiger partial charge in [-0.25, -0.2) is 8.42 Å². The van der Waals surface area contributed by atoms with E-state index in [0.29, 0.717) is 17.7 Å². The predicted octanol–water partition coefficient (Wildman–Crippen LogP) is 4.84. The number of hydrogen-bond acceptors (Lipinski definition) is 5. The molecule has 0 saturated heterocycles. The van der Waals surface area contributed by atoms with Crippen LogP contribution < -0.4 is 10.1 Å². The van der Waals surface area contributed by atoms with Crippen LogP contribution in [0.5, 0.6) is 5.75 Å². The lowest BCUT2D eigenvalue weighted by Gasteiger charge is -2.24. The summed E-state index contributed by atoms with van der Waals surface area (Å²) in [6.07, 6.45) is 2.50. The molecule has 186 valence electrons. The van der Waals surface area contributed by atoms with Crippen LogP contribution in [0.4, 0.5) is 0 Å². The van der Waals surface area contributed by atoms with Crippen molar-refractivity contribution in [3.8, 4) is 5.75 Å². The van der Waals surface area contributed by atoms with E-state index in [1.807, 2.05) is 67.8 Å². The van der Waals surface area contributed by atoms with E-state index in [1.165, 1.54) is 10.4 Å². The van der Waals surface area contributed by atoms with Gasteiger partial charge >= 0.3 is 0 Å². The first-order valence-corrected chi connectivity index (χ1v) is 14.0. The van der Waals surface area contributed by atoms with Crippen molar-refractivity contribution in [2.45, 2.75) is 36.1 Å². The molecule has 6 nitrogen and oxygen atoms in total. The standard InChI is InChI=1S/C27H32N2O4S2/c1-20-18-25(14-15-26(20)33-3)35(31,32)29(17-16-22-8-6-5-7-9-22)19-27(30)28-21(2)23-10-12-24(34-4)13-11-23/h5-15,18,21H,16-17,19H2,1-4H3,(H,28,30)/t21-/m0/s1. The van der Waals surface area contributed by atoms with Crippen LogP contribution >= 0.6 is 11.8 Å². The molecule has 35 heavy (non-hydrogen) atoms. The van der Waals surface area contributed by atoms with Crippen LogP contribution in [0.3, 0.4) is 0 Å². The van der Waals surface area contributed by atoms with E-state index in [-0.39, 0.29) is 29.9 Å². The molecule has 3 rings (SSSR count). The smallest absolute Gasteiger partial charge is 0.243 e. The summed E-state index contributed by atoms with van der Waals surface area (Å²) in [4.78, 5) is 14.3. The maximum absolute atomic E-state index is 13.6. The lowest BCUT2D eigenvalue weighted by molar-refractivity contribution is -0.121. The third-order valence-electron chi connectivity index (χ3n) is 5.81. The van der Waals surface area contributed by atoms with Crippen molar-refractivity contribution in [3.05, 3.63) is 89.5 Å². The Hall–Kier alpha value is -2.81. The number of sulfonamides is 1. The van der Waals surface area contributed by atoms with E-state index >= 15 is 0 Å². The Morgan fingerprint density at radius 3 is 2.34 bits per heavy atom. The van der Waals surface area contributed by atoms with Crippen molar-refractivity contribution < 1.29 is 17.9 Å². The van der Waals surface area contributed by atoms with Crippen molar-refractivity contribution in [2.75, 3.05) is 26.5 Å². The zero-order valence-corrected chi connectivity index (χ0v) is 22.2. The Balaban J connectivity index is 1.80. The zero-order chi connectivity index (χ0) is 25.4. The number of carbonyl (C=O) groups excluding carboxylic acids is 1. The molecule has 0 spiro atoms. The Morgan fingerprint density at radius 1 is 1.06 bits per heavy atom. The van der Waals surface area contributed by atoms with Crippen LogP contribution in [0.25, 0.3) is 0 Å². The third kappa shape index (κ3) is 7.10. The fourth-order valence-electron chi connectivity index (χ4n) is 3.77. The fraction of sp³-hybridized carbons (Fsp3) is 0.296. The molecule has 3 aromatic carbocycles. The molecule has 0 aliphatic heterocycles. The number of nitrogens with one attached hydrogen (secondary N) is 1. The van der Waals surface area contributed by atoms with Gasteiger partial charge in [-0.3, -0.25) is 4.79 Å². The van der Waals surface area contributed by atoms with Gasteiger partial charge in [0.1, 0.15) is 5.75 Å². The number of ether oxygens (including phenoxy) is 1. The predicted molar refractivity (Wildman–Crippen MR) is 141 cm³/mol. The number of benzene rings is 3. The van der Waals surface area contributed by atoms with E-state index in [9.17, 15) is 13.2 Å². The van der Waals surface area contributed by atoms with Gasteiger partial charge in [0, 0.05) is 11.4 Å². The van der Waals surface area contributed by atoms with E-state index < -0.39 is 10.0 Å². The number of hydrogen-bond donors (Lipinski definition) is 1. The molecule has 0 aliphatic rings. The number of rotatable bonds is 11. The minimum absolute atomic E-state index is 0.136. The van der Waals surface area contributed by atoms with Crippen LogP contribution in [0.2, 0.25) is 0 Å². The third-order valence-corrected chi connectivity index (χ3v) is 8.39. The summed E-state index contributed by atoms with van der Waals surface area (Å²) in [6, 6.07) is 22.1. The number of amides is 1. The SMILES string of the molecule is COc1ccc(S(=O)(=O)N(CCc2ccccc2)CC(=O)N[C@@H](C)c2ccc(SC)cc2)cc1C. The van der Waals surface area contributed by atoms with Gasteiger partial charge in [-0.2, -0.15) is 4.31 Å². The molecule has 3 aromatic rings. The van der Waals surface area contributed by atoms with Gasteiger partial charge in [-0.1, -0.05) is 42.5 Å². The number of carbonyl (C=O) groups is 1. The molecular formula is C27H32N2O4S2. The second-order valence-corrected chi connectivity index (χ2v) is 11.1. The summed E-state index contributed by atoms with van der Waals surface area (Å²) < 4.78 is 33.7. The Morgan fingerprint density at radius 2 is 1.74 bits per heavy atom. The minimum Gasteiger partial charge on any atom is -0.496 e. The molecule has 0 aromatic heterocycles. The normalized spacial score (nSPS) is 12.4. The topological polar surface area (TPSA) is 75.7 Å². The second-order valence-electron chi connectivity index (χ2n) is 8.27. The number of aryl methyl sites for hydroxylation is 1. The monoisotopic (exact) mass is 512 g/mol. The highest BCUT2D eigenvalue weighted by molar-refractivity contribution is 7.98. The Labute approximate surface area is 212 Å². The van der Waals surface area contributed by atoms with Crippen molar-refractivity contribution in [2.24, 2.45) is 0 Å². The average Bonchev–Trinajstić information content (AvgIpc) is 2.86. The van der Waals surface area contributed by atoms with E-state index in [4.69, 9.17) is 4.74 Å². The largest absolute Gasteiger partial charge is 0.496 e. The van der Waals surface area contributed by atoms with Gasteiger partial charge in [-0.05, 0) is 73.5 Å². The zero-order valence-electron chi connectivity index (χ0n) is 20.5. The summed E-state index contributed by atoms with van der Waals surface area (Å²) in [7, 11) is -2.36. The van der Waals surface area contributed by atoms with Gasteiger partial charge in [0.15, 0.2) is 0 Å². The molecule has 1 amide bonds. The van der Waals surface area contributed by atoms with E-state index in [0.717, 1.165) is 16.0 Å². The van der Waals surface area contributed by atoms with Crippen molar-refractivity contribution in [1.82, 2.24) is 9.62 Å². The lowest BCUT2D eigenvalue weighted by Crippen LogP contribution is -2.42. The maximum atomic E-state index is 13.6. The maximum Gasteiger partial charge on any atom is 0.243 e. The molecule has 0 aliphatic carbocycles. The summed E-state index contributed by atoms with van der Waals surface area (Å²) in [6.45, 7) is 3.60. The molecule has 1 atom stereocenters. The lowest BCUT2D eigenvalue weighted by atomic mass is 10.1. The number of nitrogens with zero attached hydrogens (tertiary/aromatic N) is 1. The first-order chi connectivity index (χ1) is 16.7. The highest BCUT2D eigenvalue weighted by atomic mass is 32.2. The Kier molecular flexibility index (Phi) is 9.37.